The molecule has 0 fully saturated rings. The average Bonchev–Trinajstić information content (AvgIpc) is 2.89. The Balaban J connectivity index is 2.28. The molecule has 0 aliphatic heterocycles. The lowest BCUT2D eigenvalue weighted by atomic mass is 10.1. The van der Waals surface area contributed by atoms with Crippen LogP contribution in [0.4, 0.5) is 17.6 Å². The van der Waals surface area contributed by atoms with Gasteiger partial charge in [0.2, 0.25) is 5.28 Å². The van der Waals surface area contributed by atoms with Gasteiger partial charge < -0.3 is 4.74 Å². The molecule has 0 amide bonds. The van der Waals surface area contributed by atoms with E-state index >= 15 is 0 Å². The predicted molar refractivity (Wildman–Crippen MR) is 77.9 cm³/mol. The molecular weight excluding hydrogens is 352 g/mol. The van der Waals surface area contributed by atoms with Crippen molar-refractivity contribution in [3.05, 3.63) is 40.7 Å². The van der Waals surface area contributed by atoms with Gasteiger partial charge in [-0.3, -0.25) is 0 Å². The Hall–Kier alpha value is -2.42. The number of hydrogen-bond acceptors (Lipinski definition) is 4. The van der Waals surface area contributed by atoms with E-state index < -0.39 is 23.3 Å². The smallest absolute Gasteiger partial charge is 0.419 e. The first kappa shape index (κ1) is 16.4. The van der Waals surface area contributed by atoms with E-state index in [0.29, 0.717) is 11.5 Å². The van der Waals surface area contributed by atoms with E-state index in [2.05, 4.69) is 15.1 Å². The van der Waals surface area contributed by atoms with Gasteiger partial charge in [-0.1, -0.05) is 0 Å². The number of aromatic nitrogens is 4. The van der Waals surface area contributed by atoms with Crippen LogP contribution >= 0.6 is 11.6 Å². The van der Waals surface area contributed by atoms with E-state index in [4.69, 9.17) is 16.3 Å². The Morgan fingerprint density at radius 1 is 1.29 bits per heavy atom. The van der Waals surface area contributed by atoms with Gasteiger partial charge in [0.05, 0.1) is 18.1 Å². The molecule has 2 heterocycles. The van der Waals surface area contributed by atoms with Crippen LogP contribution < -0.4 is 4.74 Å². The number of aryl methyl sites for hydroxylation is 1. The summed E-state index contributed by atoms with van der Waals surface area (Å²) in [6.45, 7) is 1.40. The SMILES string of the molecule is COc1c(F)c(C(F)(F)F)cc(C)c1-n1cc2cnc(Cl)nc2n1. The number of fused-ring (bicyclic) bond motifs is 1. The molecule has 0 radical (unpaired) electrons. The number of halogens is 5. The van der Waals surface area contributed by atoms with Crippen LogP contribution in [0.15, 0.2) is 18.5 Å². The summed E-state index contributed by atoms with van der Waals surface area (Å²) in [5, 5.41) is 4.55. The highest BCUT2D eigenvalue weighted by atomic mass is 35.5. The molecule has 0 saturated carbocycles. The van der Waals surface area contributed by atoms with Gasteiger partial charge in [-0.05, 0) is 30.2 Å². The summed E-state index contributed by atoms with van der Waals surface area (Å²) in [6.07, 6.45) is -1.99. The van der Waals surface area contributed by atoms with Crippen LogP contribution in [0.5, 0.6) is 5.75 Å². The van der Waals surface area contributed by atoms with Gasteiger partial charge in [-0.25, -0.2) is 14.1 Å². The molecule has 0 atom stereocenters. The van der Waals surface area contributed by atoms with Crippen LogP contribution in [0.3, 0.4) is 0 Å². The Labute approximate surface area is 137 Å². The summed E-state index contributed by atoms with van der Waals surface area (Å²) in [5.74, 6) is -2.07. The molecule has 0 N–H and O–H groups in total. The Morgan fingerprint density at radius 3 is 2.62 bits per heavy atom. The molecule has 3 rings (SSSR count). The van der Waals surface area contributed by atoms with Crippen molar-refractivity contribution in [2.45, 2.75) is 13.1 Å². The largest absolute Gasteiger partial charge is 0.491 e. The maximum absolute atomic E-state index is 14.3. The van der Waals surface area contributed by atoms with Crippen molar-refractivity contribution in [1.29, 1.82) is 0 Å². The minimum absolute atomic E-state index is 0.0324. The topological polar surface area (TPSA) is 52.8 Å². The highest BCUT2D eigenvalue weighted by Crippen LogP contribution is 2.39. The van der Waals surface area contributed by atoms with E-state index in [1.54, 1.807) is 0 Å². The first-order chi connectivity index (χ1) is 11.2. The van der Waals surface area contributed by atoms with Crippen LogP contribution in [-0.4, -0.2) is 26.9 Å². The fraction of sp³-hybridized carbons (Fsp3) is 0.214. The predicted octanol–water partition coefficient (Wildman–Crippen LogP) is 3.94. The molecule has 2 aromatic heterocycles. The maximum Gasteiger partial charge on any atom is 0.419 e. The summed E-state index contributed by atoms with van der Waals surface area (Å²) in [4.78, 5) is 7.68. The molecule has 1 aromatic carbocycles. The molecule has 5 nitrogen and oxygen atoms in total. The number of rotatable bonds is 2. The van der Waals surface area contributed by atoms with E-state index in [1.807, 2.05) is 0 Å². The van der Waals surface area contributed by atoms with Crippen LogP contribution in [0, 0.1) is 12.7 Å². The van der Waals surface area contributed by atoms with Gasteiger partial charge in [0, 0.05) is 12.4 Å². The third-order valence-electron chi connectivity index (χ3n) is 3.35. The minimum atomic E-state index is -4.84. The summed E-state index contributed by atoms with van der Waals surface area (Å²) in [7, 11) is 1.08. The van der Waals surface area contributed by atoms with E-state index in [1.165, 1.54) is 24.0 Å². The van der Waals surface area contributed by atoms with Crippen molar-refractivity contribution in [2.24, 2.45) is 0 Å². The van der Waals surface area contributed by atoms with Gasteiger partial charge in [0.25, 0.3) is 0 Å². The van der Waals surface area contributed by atoms with Gasteiger partial charge in [-0.2, -0.15) is 18.2 Å². The van der Waals surface area contributed by atoms with Crippen molar-refractivity contribution in [1.82, 2.24) is 19.7 Å². The Morgan fingerprint density at radius 2 is 2.00 bits per heavy atom. The van der Waals surface area contributed by atoms with Crippen molar-refractivity contribution >= 4 is 22.6 Å². The second-order valence-corrected chi connectivity index (χ2v) is 5.26. The molecular formula is C14H9ClF4N4O. The molecule has 126 valence electrons. The number of alkyl halides is 3. The normalized spacial score (nSPS) is 12.0. The molecule has 0 bridgehead atoms. The van der Waals surface area contributed by atoms with E-state index in [0.717, 1.165) is 7.11 Å². The molecule has 0 unspecified atom stereocenters. The standard InChI is InChI=1S/C14H9ClF4N4O/c1-6-3-8(14(17,18)19)9(16)11(24-2)10(6)23-5-7-4-20-13(15)21-12(7)22-23/h3-5H,1-2H3. The fourth-order valence-electron chi connectivity index (χ4n) is 2.34. The Bertz CT molecular complexity index is 939. The Kier molecular flexibility index (Phi) is 3.83. The zero-order chi connectivity index (χ0) is 17.6. The number of nitrogens with zero attached hydrogens (tertiary/aromatic N) is 4. The summed E-state index contributed by atoms with van der Waals surface area (Å²) in [5.41, 5.74) is -1.01. The second-order valence-electron chi connectivity index (χ2n) is 4.93. The van der Waals surface area contributed by atoms with Crippen molar-refractivity contribution in [2.75, 3.05) is 7.11 Å². The van der Waals surface area contributed by atoms with Crippen LogP contribution in [0.1, 0.15) is 11.1 Å². The highest BCUT2D eigenvalue weighted by Gasteiger charge is 2.37. The van der Waals surface area contributed by atoms with Gasteiger partial charge in [0.1, 0.15) is 5.69 Å². The first-order valence-corrected chi connectivity index (χ1v) is 6.92. The third kappa shape index (κ3) is 2.64. The zero-order valence-electron chi connectivity index (χ0n) is 12.3. The lowest BCUT2D eigenvalue weighted by Crippen LogP contribution is -2.13. The third-order valence-corrected chi connectivity index (χ3v) is 3.54. The number of benzene rings is 1. The van der Waals surface area contributed by atoms with Gasteiger partial charge in [0.15, 0.2) is 17.2 Å². The molecule has 3 aromatic rings. The lowest BCUT2D eigenvalue weighted by Gasteiger charge is -2.17. The van der Waals surface area contributed by atoms with Gasteiger partial charge >= 0.3 is 6.18 Å². The van der Waals surface area contributed by atoms with Gasteiger partial charge in [-0.15, -0.1) is 5.10 Å². The van der Waals surface area contributed by atoms with Crippen molar-refractivity contribution in [3.8, 4) is 11.4 Å². The fourth-order valence-corrected chi connectivity index (χ4v) is 2.47. The van der Waals surface area contributed by atoms with E-state index in [-0.39, 0.29) is 22.2 Å². The van der Waals surface area contributed by atoms with Crippen LogP contribution in [0.25, 0.3) is 16.7 Å². The number of hydrogen-bond donors (Lipinski definition) is 0. The van der Waals surface area contributed by atoms with Crippen molar-refractivity contribution < 1.29 is 22.3 Å². The summed E-state index contributed by atoms with van der Waals surface area (Å²) in [6, 6.07) is 0.707. The average molecular weight is 361 g/mol. The molecule has 10 heteroatoms. The molecule has 24 heavy (non-hydrogen) atoms. The number of ether oxygens (including phenoxy) is 1. The van der Waals surface area contributed by atoms with E-state index in [9.17, 15) is 17.6 Å². The van der Waals surface area contributed by atoms with Crippen molar-refractivity contribution in [3.63, 3.8) is 0 Å². The number of methoxy groups -OCH3 is 1. The summed E-state index contributed by atoms with van der Waals surface area (Å²) < 4.78 is 59.2. The van der Waals surface area contributed by atoms with Crippen LogP contribution in [0.2, 0.25) is 5.28 Å². The monoisotopic (exact) mass is 360 g/mol. The molecule has 0 aliphatic rings. The summed E-state index contributed by atoms with van der Waals surface area (Å²) >= 11 is 5.68. The lowest BCUT2D eigenvalue weighted by molar-refractivity contribution is -0.140. The molecule has 0 spiro atoms. The molecule has 0 saturated heterocycles. The first-order valence-electron chi connectivity index (χ1n) is 6.55. The highest BCUT2D eigenvalue weighted by molar-refractivity contribution is 6.28. The zero-order valence-corrected chi connectivity index (χ0v) is 13.1. The molecule has 0 aliphatic carbocycles. The second kappa shape index (κ2) is 5.59. The minimum Gasteiger partial charge on any atom is -0.491 e. The van der Waals surface area contributed by atoms with Crippen LogP contribution in [-0.2, 0) is 6.18 Å². The quantitative estimate of drug-likeness (QED) is 0.513. The maximum atomic E-state index is 14.3.